The lowest BCUT2D eigenvalue weighted by Crippen LogP contribution is -2.14. The molecule has 0 radical (unpaired) electrons. The van der Waals surface area contributed by atoms with Crippen LogP contribution in [0.4, 0.5) is 14.6 Å². The normalized spacial score (nSPS) is 12.3. The minimum Gasteiger partial charge on any atom is -0.358 e. The third-order valence-electron chi connectivity index (χ3n) is 3.86. The van der Waals surface area contributed by atoms with Crippen LogP contribution in [0, 0.1) is 11.6 Å². The van der Waals surface area contributed by atoms with E-state index in [4.69, 9.17) is 11.6 Å². The molecule has 27 heavy (non-hydrogen) atoms. The van der Waals surface area contributed by atoms with Crippen molar-refractivity contribution in [2.75, 3.05) is 5.32 Å². The van der Waals surface area contributed by atoms with Gasteiger partial charge >= 0.3 is 0 Å². The average Bonchev–Trinajstić information content (AvgIpc) is 3.10. The molecule has 4 heterocycles. The van der Waals surface area contributed by atoms with E-state index < -0.39 is 17.7 Å². The van der Waals surface area contributed by atoms with Crippen LogP contribution in [0.1, 0.15) is 18.8 Å². The van der Waals surface area contributed by atoms with Gasteiger partial charge in [-0.1, -0.05) is 17.7 Å². The number of nitrogens with zero attached hydrogens (tertiary/aromatic N) is 6. The fraction of sp³-hybridized carbons (Fsp3) is 0.118. The van der Waals surface area contributed by atoms with Gasteiger partial charge in [0, 0.05) is 6.20 Å². The molecule has 0 aliphatic rings. The fourth-order valence-electron chi connectivity index (χ4n) is 2.56. The first-order chi connectivity index (χ1) is 13.0. The molecular weight excluding hydrogens is 376 g/mol. The molecule has 0 amide bonds. The second kappa shape index (κ2) is 6.84. The van der Waals surface area contributed by atoms with E-state index in [9.17, 15) is 8.78 Å². The molecule has 0 spiro atoms. The van der Waals surface area contributed by atoms with E-state index in [0.29, 0.717) is 5.56 Å². The molecular formula is C17H12ClF2N7. The minimum atomic E-state index is -0.800. The number of pyridine rings is 1. The third-order valence-corrected chi connectivity index (χ3v) is 4.11. The van der Waals surface area contributed by atoms with Crippen molar-refractivity contribution < 1.29 is 8.78 Å². The summed E-state index contributed by atoms with van der Waals surface area (Å²) in [5, 5.41) is 6.74. The van der Waals surface area contributed by atoms with E-state index in [1.54, 1.807) is 23.8 Å². The maximum atomic E-state index is 14.4. The van der Waals surface area contributed by atoms with Crippen molar-refractivity contribution in [3.8, 4) is 11.4 Å². The van der Waals surface area contributed by atoms with E-state index >= 15 is 0 Å². The first kappa shape index (κ1) is 17.2. The number of hydrogen-bond donors (Lipinski definition) is 1. The highest BCUT2D eigenvalue weighted by Crippen LogP contribution is 2.28. The molecule has 1 unspecified atom stereocenters. The van der Waals surface area contributed by atoms with Crippen LogP contribution in [-0.2, 0) is 0 Å². The summed E-state index contributed by atoms with van der Waals surface area (Å²) in [6, 6.07) is 4.98. The molecule has 0 saturated carbocycles. The van der Waals surface area contributed by atoms with Crippen LogP contribution < -0.4 is 5.32 Å². The van der Waals surface area contributed by atoms with Crippen LogP contribution >= 0.6 is 11.6 Å². The Morgan fingerprint density at radius 2 is 1.89 bits per heavy atom. The number of hydrogen-bond acceptors (Lipinski definition) is 6. The van der Waals surface area contributed by atoms with Crippen LogP contribution in [0.3, 0.4) is 0 Å². The number of aromatic nitrogens is 6. The van der Waals surface area contributed by atoms with Gasteiger partial charge in [0.2, 0.25) is 5.82 Å². The summed E-state index contributed by atoms with van der Waals surface area (Å²) >= 11 is 5.96. The number of halogens is 3. The molecule has 0 aliphatic carbocycles. The van der Waals surface area contributed by atoms with Gasteiger partial charge < -0.3 is 5.32 Å². The quantitative estimate of drug-likeness (QED) is 0.538. The van der Waals surface area contributed by atoms with Gasteiger partial charge in [-0.2, -0.15) is 9.49 Å². The zero-order valence-corrected chi connectivity index (χ0v) is 14.7. The lowest BCUT2D eigenvalue weighted by molar-refractivity contribution is 0.600. The summed E-state index contributed by atoms with van der Waals surface area (Å²) in [7, 11) is 0. The highest BCUT2D eigenvalue weighted by atomic mass is 35.5. The van der Waals surface area contributed by atoms with Gasteiger partial charge in [0.15, 0.2) is 22.6 Å². The molecule has 0 aliphatic heterocycles. The Kier molecular flexibility index (Phi) is 4.36. The highest BCUT2D eigenvalue weighted by Gasteiger charge is 2.19. The van der Waals surface area contributed by atoms with Crippen molar-refractivity contribution >= 4 is 22.9 Å². The molecule has 7 nitrogen and oxygen atoms in total. The van der Waals surface area contributed by atoms with E-state index in [2.05, 4.69) is 30.4 Å². The Balaban J connectivity index is 1.72. The molecule has 4 rings (SSSR count). The zero-order chi connectivity index (χ0) is 19.0. The molecule has 0 fully saturated rings. The summed E-state index contributed by atoms with van der Waals surface area (Å²) in [5.74, 6) is -0.968. The van der Waals surface area contributed by atoms with Crippen LogP contribution in [0.25, 0.3) is 16.9 Å². The molecule has 136 valence electrons. The van der Waals surface area contributed by atoms with Crippen LogP contribution in [-0.4, -0.2) is 29.5 Å². The number of anilines is 1. The molecule has 0 aromatic carbocycles. The molecule has 4 aromatic rings. The van der Waals surface area contributed by atoms with E-state index in [1.165, 1.54) is 0 Å². The van der Waals surface area contributed by atoms with Gasteiger partial charge in [-0.3, -0.25) is 0 Å². The van der Waals surface area contributed by atoms with Gasteiger partial charge in [-0.05, 0) is 19.1 Å². The first-order valence-electron chi connectivity index (χ1n) is 7.92. The Hall–Kier alpha value is -3.20. The van der Waals surface area contributed by atoms with Gasteiger partial charge in [0.05, 0.1) is 35.7 Å². The standard InChI is InChI=1S/C17H12ClF2N7/c1-9(15-21-6-10(19)7-22-15)24-17-13(20)14(18)25-16(26-17)11-8-23-27-5-3-2-4-12(11)27/h2-9H,1H3,(H,24,25,26). The first-order valence-corrected chi connectivity index (χ1v) is 8.30. The van der Waals surface area contributed by atoms with Gasteiger partial charge in [0.25, 0.3) is 0 Å². The van der Waals surface area contributed by atoms with Crippen LogP contribution in [0.2, 0.25) is 5.15 Å². The number of nitrogens with one attached hydrogen (secondary N) is 1. The maximum absolute atomic E-state index is 14.4. The van der Waals surface area contributed by atoms with Crippen molar-refractivity contribution in [1.29, 1.82) is 0 Å². The number of fused-ring (bicyclic) bond motifs is 1. The van der Waals surface area contributed by atoms with E-state index in [0.717, 1.165) is 17.9 Å². The lowest BCUT2D eigenvalue weighted by atomic mass is 10.2. The third kappa shape index (κ3) is 3.28. The fourth-order valence-corrected chi connectivity index (χ4v) is 2.73. The van der Waals surface area contributed by atoms with Crippen molar-refractivity contribution in [1.82, 2.24) is 29.5 Å². The Bertz CT molecular complexity index is 1110. The maximum Gasteiger partial charge on any atom is 0.202 e. The monoisotopic (exact) mass is 387 g/mol. The van der Waals surface area contributed by atoms with Gasteiger partial charge in [0.1, 0.15) is 5.82 Å². The predicted molar refractivity (Wildman–Crippen MR) is 95.2 cm³/mol. The molecule has 10 heteroatoms. The van der Waals surface area contributed by atoms with Crippen molar-refractivity contribution in [2.24, 2.45) is 0 Å². The van der Waals surface area contributed by atoms with E-state index in [1.807, 2.05) is 18.2 Å². The zero-order valence-electron chi connectivity index (χ0n) is 13.9. The van der Waals surface area contributed by atoms with Crippen molar-refractivity contribution in [2.45, 2.75) is 13.0 Å². The summed E-state index contributed by atoms with van der Waals surface area (Å²) in [6.07, 6.45) is 5.43. The van der Waals surface area contributed by atoms with E-state index in [-0.39, 0.29) is 22.6 Å². The topological polar surface area (TPSA) is 80.9 Å². The second-order valence-electron chi connectivity index (χ2n) is 5.71. The SMILES string of the molecule is CC(Nc1nc(-c2cnn3ccccc23)nc(Cl)c1F)c1ncc(F)cn1. The molecule has 0 saturated heterocycles. The smallest absolute Gasteiger partial charge is 0.202 e. The Morgan fingerprint density at radius 1 is 1.11 bits per heavy atom. The molecule has 0 bridgehead atoms. The summed E-state index contributed by atoms with van der Waals surface area (Å²) in [6.45, 7) is 1.69. The largest absolute Gasteiger partial charge is 0.358 e. The predicted octanol–water partition coefficient (Wildman–Crippen LogP) is 3.69. The summed E-state index contributed by atoms with van der Waals surface area (Å²) in [5.41, 5.74) is 1.35. The molecule has 1 atom stereocenters. The Labute approximate surface area is 157 Å². The summed E-state index contributed by atoms with van der Waals surface area (Å²) < 4.78 is 29.1. The van der Waals surface area contributed by atoms with Crippen LogP contribution in [0.15, 0.2) is 43.0 Å². The Morgan fingerprint density at radius 3 is 2.67 bits per heavy atom. The lowest BCUT2D eigenvalue weighted by Gasteiger charge is -2.14. The van der Waals surface area contributed by atoms with Gasteiger partial charge in [-0.15, -0.1) is 0 Å². The van der Waals surface area contributed by atoms with Crippen molar-refractivity contribution in [3.63, 3.8) is 0 Å². The van der Waals surface area contributed by atoms with Gasteiger partial charge in [-0.25, -0.2) is 28.8 Å². The molecule has 4 aromatic heterocycles. The second-order valence-corrected chi connectivity index (χ2v) is 6.07. The molecule has 1 N–H and O–H groups in total. The average molecular weight is 388 g/mol. The minimum absolute atomic E-state index is 0.110. The summed E-state index contributed by atoms with van der Waals surface area (Å²) in [4.78, 5) is 16.0. The highest BCUT2D eigenvalue weighted by molar-refractivity contribution is 6.29. The number of rotatable bonds is 4. The van der Waals surface area contributed by atoms with Crippen molar-refractivity contribution in [3.05, 3.63) is 65.6 Å². The van der Waals surface area contributed by atoms with Crippen LogP contribution in [0.5, 0.6) is 0 Å².